The lowest BCUT2D eigenvalue weighted by Gasteiger charge is -2.14. The molecule has 1 unspecified atom stereocenters. The number of aryl methyl sites for hydroxylation is 1. The van der Waals surface area contributed by atoms with Crippen molar-refractivity contribution >= 4 is 0 Å². The molecule has 0 amide bonds. The van der Waals surface area contributed by atoms with Gasteiger partial charge in [-0.25, -0.2) is 15.0 Å². The van der Waals surface area contributed by atoms with Crippen LogP contribution < -0.4 is 11.3 Å². The third-order valence-electron chi connectivity index (χ3n) is 2.49. The second kappa shape index (κ2) is 4.82. The lowest BCUT2D eigenvalue weighted by Crippen LogP contribution is -2.30. The summed E-state index contributed by atoms with van der Waals surface area (Å²) in [4.78, 5) is 12.2. The lowest BCUT2D eigenvalue weighted by molar-refractivity contribution is 0.527. The van der Waals surface area contributed by atoms with Gasteiger partial charge < -0.3 is 4.57 Å². The summed E-state index contributed by atoms with van der Waals surface area (Å²) in [5.74, 6) is 6.49. The maximum absolute atomic E-state index is 5.53. The normalized spacial score (nSPS) is 12.6. The van der Waals surface area contributed by atoms with Crippen molar-refractivity contribution < 1.29 is 0 Å². The Kier molecular flexibility index (Phi) is 3.23. The molecule has 0 aliphatic heterocycles. The van der Waals surface area contributed by atoms with Crippen molar-refractivity contribution in [2.75, 3.05) is 0 Å². The zero-order valence-corrected chi connectivity index (χ0v) is 9.04. The molecule has 2 aromatic rings. The summed E-state index contributed by atoms with van der Waals surface area (Å²) < 4.78 is 1.97. The molecule has 3 N–H and O–H groups in total. The second-order valence-electron chi connectivity index (χ2n) is 3.55. The van der Waals surface area contributed by atoms with E-state index in [-0.39, 0.29) is 6.04 Å². The van der Waals surface area contributed by atoms with Crippen molar-refractivity contribution in [1.29, 1.82) is 0 Å². The smallest absolute Gasteiger partial charge is 0.115 e. The molecule has 84 valence electrons. The van der Waals surface area contributed by atoms with Gasteiger partial charge >= 0.3 is 0 Å². The summed E-state index contributed by atoms with van der Waals surface area (Å²) in [6, 6.07) is -0.0256. The molecule has 2 aromatic heterocycles. The van der Waals surface area contributed by atoms with Gasteiger partial charge in [-0.05, 0) is 0 Å². The molecule has 0 aromatic carbocycles. The Balaban J connectivity index is 2.16. The molecular formula is C10H14N6. The minimum atomic E-state index is -0.0256. The van der Waals surface area contributed by atoms with Crippen LogP contribution >= 0.6 is 0 Å². The Morgan fingerprint density at radius 2 is 2.19 bits per heavy atom. The SMILES string of the molecule is Cn1ccnc1CC(NN)c1cncnc1. The van der Waals surface area contributed by atoms with Crippen molar-refractivity contribution in [2.45, 2.75) is 12.5 Å². The van der Waals surface area contributed by atoms with Crippen LogP contribution in [0.2, 0.25) is 0 Å². The summed E-state index contributed by atoms with van der Waals surface area (Å²) in [7, 11) is 1.96. The number of hydrazine groups is 1. The summed E-state index contributed by atoms with van der Waals surface area (Å²) in [5, 5.41) is 0. The van der Waals surface area contributed by atoms with E-state index >= 15 is 0 Å². The summed E-state index contributed by atoms with van der Waals surface area (Å²) in [6.07, 6.45) is 9.38. The molecule has 0 aliphatic rings. The molecule has 0 aliphatic carbocycles. The van der Waals surface area contributed by atoms with Crippen LogP contribution in [0.25, 0.3) is 0 Å². The standard InChI is InChI=1S/C10H14N6/c1-16-3-2-14-10(16)4-9(15-11)8-5-12-7-13-6-8/h2-3,5-7,9,15H,4,11H2,1H3. The molecule has 16 heavy (non-hydrogen) atoms. The first kappa shape index (κ1) is 10.7. The summed E-state index contributed by atoms with van der Waals surface area (Å²) in [5.41, 5.74) is 3.70. The van der Waals surface area contributed by atoms with Crippen molar-refractivity contribution in [2.24, 2.45) is 12.9 Å². The van der Waals surface area contributed by atoms with Crippen LogP contribution in [0.5, 0.6) is 0 Å². The van der Waals surface area contributed by atoms with E-state index in [0.29, 0.717) is 6.42 Å². The van der Waals surface area contributed by atoms with Gasteiger partial charge in [0.1, 0.15) is 12.2 Å². The second-order valence-corrected chi connectivity index (χ2v) is 3.55. The maximum Gasteiger partial charge on any atom is 0.115 e. The van der Waals surface area contributed by atoms with Crippen LogP contribution in [0.1, 0.15) is 17.4 Å². The Morgan fingerprint density at radius 3 is 2.75 bits per heavy atom. The van der Waals surface area contributed by atoms with Gasteiger partial charge in [-0.1, -0.05) is 0 Å². The van der Waals surface area contributed by atoms with Gasteiger partial charge in [0.25, 0.3) is 0 Å². The average Bonchev–Trinajstić information content (AvgIpc) is 2.73. The minimum Gasteiger partial charge on any atom is -0.338 e. The van der Waals surface area contributed by atoms with Gasteiger partial charge in [0.05, 0.1) is 6.04 Å². The van der Waals surface area contributed by atoms with Crippen LogP contribution in [0.3, 0.4) is 0 Å². The quantitative estimate of drug-likeness (QED) is 0.555. The molecule has 0 fully saturated rings. The first-order valence-corrected chi connectivity index (χ1v) is 4.98. The fourth-order valence-corrected chi connectivity index (χ4v) is 1.54. The number of imidazole rings is 1. The Labute approximate surface area is 93.5 Å². The van der Waals surface area contributed by atoms with Gasteiger partial charge in [0.2, 0.25) is 0 Å². The number of hydrogen-bond donors (Lipinski definition) is 2. The predicted octanol–water partition coefficient (Wildman–Crippen LogP) is -0.0428. The number of nitrogens with two attached hydrogens (primary N) is 1. The third-order valence-corrected chi connectivity index (χ3v) is 2.49. The Bertz CT molecular complexity index is 438. The van der Waals surface area contributed by atoms with Crippen molar-refractivity contribution in [3.05, 3.63) is 42.5 Å². The molecule has 6 heteroatoms. The lowest BCUT2D eigenvalue weighted by atomic mass is 10.1. The number of nitrogens with one attached hydrogen (secondary N) is 1. The maximum atomic E-state index is 5.53. The molecule has 6 nitrogen and oxygen atoms in total. The van der Waals surface area contributed by atoms with Gasteiger partial charge in [0, 0.05) is 43.8 Å². The van der Waals surface area contributed by atoms with Crippen LogP contribution in [0.15, 0.2) is 31.1 Å². The molecule has 0 saturated carbocycles. The average molecular weight is 218 g/mol. The molecular weight excluding hydrogens is 204 g/mol. The van der Waals surface area contributed by atoms with Crippen LogP contribution in [0.4, 0.5) is 0 Å². The van der Waals surface area contributed by atoms with E-state index in [0.717, 1.165) is 11.4 Å². The minimum absolute atomic E-state index is 0.0256. The zero-order chi connectivity index (χ0) is 11.4. The Morgan fingerprint density at radius 1 is 1.44 bits per heavy atom. The van der Waals surface area contributed by atoms with E-state index in [4.69, 9.17) is 5.84 Å². The third kappa shape index (κ3) is 2.23. The fraction of sp³-hybridized carbons (Fsp3) is 0.300. The first-order valence-electron chi connectivity index (χ1n) is 4.98. The molecule has 2 heterocycles. The number of aromatic nitrogens is 4. The highest BCUT2D eigenvalue weighted by Crippen LogP contribution is 2.14. The largest absolute Gasteiger partial charge is 0.338 e. The van der Waals surface area contributed by atoms with Crippen LogP contribution in [0, 0.1) is 0 Å². The van der Waals surface area contributed by atoms with Crippen LogP contribution in [-0.2, 0) is 13.5 Å². The molecule has 0 spiro atoms. The van der Waals surface area contributed by atoms with E-state index in [1.165, 1.54) is 6.33 Å². The van der Waals surface area contributed by atoms with Crippen molar-refractivity contribution in [3.63, 3.8) is 0 Å². The van der Waals surface area contributed by atoms with Gasteiger partial charge in [-0.3, -0.25) is 11.3 Å². The van der Waals surface area contributed by atoms with Crippen molar-refractivity contribution in [3.8, 4) is 0 Å². The van der Waals surface area contributed by atoms with E-state index in [1.54, 1.807) is 18.6 Å². The monoisotopic (exact) mass is 218 g/mol. The highest BCUT2D eigenvalue weighted by molar-refractivity contribution is 5.11. The number of rotatable bonds is 4. The topological polar surface area (TPSA) is 81.7 Å². The first-order chi connectivity index (χ1) is 7.81. The van der Waals surface area contributed by atoms with E-state index in [1.807, 2.05) is 17.8 Å². The van der Waals surface area contributed by atoms with E-state index < -0.39 is 0 Å². The predicted molar refractivity (Wildman–Crippen MR) is 59.0 cm³/mol. The van der Waals surface area contributed by atoms with Gasteiger partial charge in [0.15, 0.2) is 0 Å². The molecule has 0 radical (unpaired) electrons. The molecule has 0 saturated heterocycles. The summed E-state index contributed by atoms with van der Waals surface area (Å²) >= 11 is 0. The number of hydrogen-bond acceptors (Lipinski definition) is 5. The summed E-state index contributed by atoms with van der Waals surface area (Å²) in [6.45, 7) is 0. The molecule has 1 atom stereocenters. The van der Waals surface area contributed by atoms with Crippen molar-refractivity contribution in [1.82, 2.24) is 24.9 Å². The van der Waals surface area contributed by atoms with Crippen LogP contribution in [-0.4, -0.2) is 19.5 Å². The zero-order valence-electron chi connectivity index (χ0n) is 9.04. The number of nitrogens with zero attached hydrogens (tertiary/aromatic N) is 4. The molecule has 0 bridgehead atoms. The highest BCUT2D eigenvalue weighted by Gasteiger charge is 2.13. The van der Waals surface area contributed by atoms with E-state index in [9.17, 15) is 0 Å². The Hall–Kier alpha value is -1.79. The van der Waals surface area contributed by atoms with Gasteiger partial charge in [-0.15, -0.1) is 0 Å². The molecule has 2 rings (SSSR count). The highest BCUT2D eigenvalue weighted by atomic mass is 15.2. The van der Waals surface area contributed by atoms with Gasteiger partial charge in [-0.2, -0.15) is 0 Å². The fourth-order valence-electron chi connectivity index (χ4n) is 1.54. The van der Waals surface area contributed by atoms with E-state index in [2.05, 4.69) is 20.4 Å².